The molecule has 1 aliphatic rings. The number of carbonyl (C=O) groups is 2. The fourth-order valence-corrected chi connectivity index (χ4v) is 3.17. The van der Waals surface area contributed by atoms with Crippen LogP contribution in [-0.4, -0.2) is 25.2 Å². The second kappa shape index (κ2) is 8.77. The van der Waals surface area contributed by atoms with Crippen LogP contribution in [0, 0.1) is 19.7 Å². The molecular weight excluding hydrogens is 375 g/mol. The van der Waals surface area contributed by atoms with Gasteiger partial charge in [-0.15, -0.1) is 0 Å². The highest BCUT2D eigenvalue weighted by atomic mass is 19.1. The van der Waals surface area contributed by atoms with Crippen molar-refractivity contribution in [2.24, 2.45) is 0 Å². The minimum Gasteiger partial charge on any atom is -0.487 e. The van der Waals surface area contributed by atoms with E-state index in [0.717, 1.165) is 16.7 Å². The molecule has 0 spiro atoms. The van der Waals surface area contributed by atoms with Gasteiger partial charge in [-0.05, 0) is 56.2 Å². The highest BCUT2D eigenvalue weighted by Crippen LogP contribution is 2.31. The molecular formula is C22H23FN2O4. The van der Waals surface area contributed by atoms with Gasteiger partial charge in [-0.25, -0.2) is 14.0 Å². The Kier molecular flexibility index (Phi) is 6.16. The van der Waals surface area contributed by atoms with Gasteiger partial charge >= 0.3 is 12.0 Å². The zero-order valence-electron chi connectivity index (χ0n) is 16.5. The Bertz CT molecular complexity index is 954. The SMILES string of the molecule is CCOC(=O)C1=C(COc2ccc(F)cc2)NC(=O)NC1c1cc(C)ccc1C. The molecule has 29 heavy (non-hydrogen) atoms. The minimum absolute atomic E-state index is 0.0748. The van der Waals surface area contributed by atoms with E-state index in [9.17, 15) is 14.0 Å². The van der Waals surface area contributed by atoms with Gasteiger partial charge in [0.25, 0.3) is 0 Å². The van der Waals surface area contributed by atoms with E-state index in [-0.39, 0.29) is 24.6 Å². The van der Waals surface area contributed by atoms with Crippen molar-refractivity contribution in [2.45, 2.75) is 26.8 Å². The van der Waals surface area contributed by atoms with Gasteiger partial charge in [-0.1, -0.05) is 23.8 Å². The Morgan fingerprint density at radius 2 is 1.86 bits per heavy atom. The number of benzene rings is 2. The number of aryl methyl sites for hydroxylation is 2. The lowest BCUT2D eigenvalue weighted by molar-refractivity contribution is -0.139. The summed E-state index contributed by atoms with van der Waals surface area (Å²) < 4.78 is 24.0. The molecule has 152 valence electrons. The van der Waals surface area contributed by atoms with Gasteiger partial charge in [0.15, 0.2) is 0 Å². The van der Waals surface area contributed by atoms with Crippen molar-refractivity contribution in [3.63, 3.8) is 0 Å². The van der Waals surface area contributed by atoms with Crippen LogP contribution in [0.25, 0.3) is 0 Å². The lowest BCUT2D eigenvalue weighted by atomic mass is 9.91. The van der Waals surface area contributed by atoms with Crippen LogP contribution in [0.3, 0.4) is 0 Å². The average molecular weight is 398 g/mol. The lowest BCUT2D eigenvalue weighted by Crippen LogP contribution is -2.47. The Morgan fingerprint density at radius 1 is 1.14 bits per heavy atom. The van der Waals surface area contributed by atoms with Crippen molar-refractivity contribution in [2.75, 3.05) is 13.2 Å². The molecule has 1 atom stereocenters. The van der Waals surface area contributed by atoms with Crippen LogP contribution in [0.2, 0.25) is 0 Å². The maximum atomic E-state index is 13.1. The number of amides is 2. The van der Waals surface area contributed by atoms with E-state index in [1.807, 2.05) is 32.0 Å². The summed E-state index contributed by atoms with van der Waals surface area (Å²) in [7, 11) is 0. The summed E-state index contributed by atoms with van der Waals surface area (Å²) in [5.74, 6) is -0.504. The van der Waals surface area contributed by atoms with E-state index < -0.39 is 18.0 Å². The van der Waals surface area contributed by atoms with Crippen LogP contribution in [0.15, 0.2) is 53.7 Å². The molecule has 2 N–H and O–H groups in total. The van der Waals surface area contributed by atoms with Crippen LogP contribution >= 0.6 is 0 Å². The zero-order chi connectivity index (χ0) is 21.0. The third-order valence-electron chi connectivity index (χ3n) is 4.59. The van der Waals surface area contributed by atoms with Crippen molar-refractivity contribution < 1.29 is 23.5 Å². The van der Waals surface area contributed by atoms with Gasteiger partial charge < -0.3 is 20.1 Å². The van der Waals surface area contributed by atoms with Crippen molar-refractivity contribution in [1.82, 2.24) is 10.6 Å². The van der Waals surface area contributed by atoms with Gasteiger partial charge in [0, 0.05) is 0 Å². The van der Waals surface area contributed by atoms with Gasteiger partial charge in [0.05, 0.1) is 23.9 Å². The van der Waals surface area contributed by atoms with Crippen LogP contribution in [0.1, 0.15) is 29.7 Å². The highest BCUT2D eigenvalue weighted by Gasteiger charge is 2.34. The largest absolute Gasteiger partial charge is 0.487 e. The first-order valence-electron chi connectivity index (χ1n) is 9.32. The Morgan fingerprint density at radius 3 is 2.55 bits per heavy atom. The smallest absolute Gasteiger partial charge is 0.338 e. The van der Waals surface area contributed by atoms with Gasteiger partial charge in [0.2, 0.25) is 0 Å². The fraction of sp³-hybridized carbons (Fsp3) is 0.273. The van der Waals surface area contributed by atoms with Gasteiger partial charge in [0.1, 0.15) is 18.2 Å². The number of ether oxygens (including phenoxy) is 2. The van der Waals surface area contributed by atoms with Crippen molar-refractivity contribution in [3.8, 4) is 5.75 Å². The Labute approximate surface area is 168 Å². The standard InChI is InChI=1S/C22H23FN2O4/c1-4-28-21(26)19-18(12-29-16-9-7-15(23)8-10-16)24-22(27)25-20(19)17-11-13(2)5-6-14(17)3/h5-11,20H,4,12H2,1-3H3,(H2,24,25,27). The van der Waals surface area contributed by atoms with E-state index in [1.165, 1.54) is 24.3 Å². The normalized spacial score (nSPS) is 16.1. The number of esters is 1. The van der Waals surface area contributed by atoms with E-state index in [2.05, 4.69) is 10.6 Å². The van der Waals surface area contributed by atoms with Gasteiger partial charge in [-0.3, -0.25) is 0 Å². The van der Waals surface area contributed by atoms with Crippen LogP contribution in [0.4, 0.5) is 9.18 Å². The first kappa shape index (κ1) is 20.4. The molecule has 2 aromatic rings. The third kappa shape index (κ3) is 4.74. The van der Waals surface area contributed by atoms with Crippen molar-refractivity contribution in [1.29, 1.82) is 0 Å². The molecule has 3 rings (SSSR count). The third-order valence-corrected chi connectivity index (χ3v) is 4.59. The summed E-state index contributed by atoms with van der Waals surface area (Å²) in [5, 5.41) is 5.46. The molecule has 1 heterocycles. The summed E-state index contributed by atoms with van der Waals surface area (Å²) in [6.45, 7) is 5.70. The number of urea groups is 1. The molecule has 1 aliphatic heterocycles. The molecule has 7 heteroatoms. The Balaban J connectivity index is 2.00. The predicted molar refractivity (Wildman–Crippen MR) is 106 cm³/mol. The molecule has 2 aromatic carbocycles. The molecule has 1 unspecified atom stereocenters. The summed E-state index contributed by atoms with van der Waals surface area (Å²) in [6, 6.07) is 10.2. The van der Waals surface area contributed by atoms with E-state index >= 15 is 0 Å². The van der Waals surface area contributed by atoms with Gasteiger partial charge in [-0.2, -0.15) is 0 Å². The van der Waals surface area contributed by atoms with Crippen molar-refractivity contribution >= 4 is 12.0 Å². The summed E-state index contributed by atoms with van der Waals surface area (Å²) >= 11 is 0. The molecule has 0 radical (unpaired) electrons. The van der Waals surface area contributed by atoms with Crippen molar-refractivity contribution in [3.05, 3.63) is 76.2 Å². The van der Waals surface area contributed by atoms with E-state index in [4.69, 9.17) is 9.47 Å². The number of carbonyl (C=O) groups excluding carboxylic acids is 2. The topological polar surface area (TPSA) is 76.7 Å². The highest BCUT2D eigenvalue weighted by molar-refractivity contribution is 5.95. The van der Waals surface area contributed by atoms with Crippen LogP contribution in [0.5, 0.6) is 5.75 Å². The van der Waals surface area contributed by atoms with E-state index in [0.29, 0.717) is 11.4 Å². The number of hydrogen-bond acceptors (Lipinski definition) is 4. The monoisotopic (exact) mass is 398 g/mol. The van der Waals surface area contributed by atoms with E-state index in [1.54, 1.807) is 6.92 Å². The molecule has 0 bridgehead atoms. The number of halogens is 1. The minimum atomic E-state index is -0.672. The summed E-state index contributed by atoms with van der Waals surface area (Å²) in [4.78, 5) is 25.1. The zero-order valence-corrected chi connectivity index (χ0v) is 16.5. The maximum Gasteiger partial charge on any atom is 0.338 e. The van der Waals surface area contributed by atoms with Crippen LogP contribution < -0.4 is 15.4 Å². The molecule has 0 aromatic heterocycles. The number of hydrogen-bond donors (Lipinski definition) is 2. The Hall–Kier alpha value is -3.35. The maximum absolute atomic E-state index is 13.1. The molecule has 2 amide bonds. The molecule has 6 nitrogen and oxygen atoms in total. The first-order valence-corrected chi connectivity index (χ1v) is 9.32. The second-order valence-electron chi connectivity index (χ2n) is 6.75. The quantitative estimate of drug-likeness (QED) is 0.728. The average Bonchev–Trinajstić information content (AvgIpc) is 2.69. The second-order valence-corrected chi connectivity index (χ2v) is 6.75. The number of rotatable bonds is 6. The lowest BCUT2D eigenvalue weighted by Gasteiger charge is -2.30. The number of nitrogens with one attached hydrogen (secondary N) is 2. The fourth-order valence-electron chi connectivity index (χ4n) is 3.17. The first-order chi connectivity index (χ1) is 13.9. The summed E-state index contributed by atoms with van der Waals surface area (Å²) in [5.41, 5.74) is 3.33. The molecule has 0 saturated carbocycles. The summed E-state index contributed by atoms with van der Waals surface area (Å²) in [6.07, 6.45) is 0. The molecule has 0 aliphatic carbocycles. The molecule has 0 saturated heterocycles. The van der Waals surface area contributed by atoms with Crippen LogP contribution in [-0.2, 0) is 9.53 Å². The predicted octanol–water partition coefficient (Wildman–Crippen LogP) is 3.69. The molecule has 0 fully saturated rings.